The maximum atomic E-state index is 13.1. The third kappa shape index (κ3) is 3.28. The Labute approximate surface area is 172 Å². The van der Waals surface area contributed by atoms with E-state index in [1.807, 2.05) is 25.0 Å². The molecule has 3 aliphatic rings. The van der Waals surface area contributed by atoms with Gasteiger partial charge in [0.05, 0.1) is 5.69 Å². The molecule has 5 rings (SSSR count). The van der Waals surface area contributed by atoms with Gasteiger partial charge in [-0.25, -0.2) is 0 Å². The summed E-state index contributed by atoms with van der Waals surface area (Å²) in [5, 5.41) is 13.3. The molecule has 0 aromatic carbocycles. The van der Waals surface area contributed by atoms with E-state index >= 15 is 0 Å². The topological polar surface area (TPSA) is 68.8 Å². The van der Waals surface area contributed by atoms with Crippen molar-refractivity contribution >= 4 is 5.91 Å². The van der Waals surface area contributed by atoms with E-state index in [-0.39, 0.29) is 11.3 Å². The van der Waals surface area contributed by atoms with E-state index in [4.69, 9.17) is 0 Å². The van der Waals surface area contributed by atoms with Crippen LogP contribution in [0.5, 0.6) is 0 Å². The lowest BCUT2D eigenvalue weighted by Crippen LogP contribution is -2.38. The molecule has 156 valence electrons. The summed E-state index contributed by atoms with van der Waals surface area (Å²) in [5.74, 6) is 2.52. The van der Waals surface area contributed by atoms with Gasteiger partial charge in [0, 0.05) is 44.7 Å². The van der Waals surface area contributed by atoms with E-state index < -0.39 is 0 Å². The lowest BCUT2D eigenvalue weighted by molar-refractivity contribution is -0.130. The molecule has 3 fully saturated rings. The zero-order valence-corrected chi connectivity index (χ0v) is 17.9. The molecule has 1 amide bonds. The van der Waals surface area contributed by atoms with Crippen LogP contribution in [0.1, 0.15) is 67.2 Å². The highest BCUT2D eigenvalue weighted by molar-refractivity contribution is 5.77. The van der Waals surface area contributed by atoms with E-state index in [2.05, 4.69) is 31.7 Å². The Hall–Kier alpha value is -2.18. The van der Waals surface area contributed by atoms with Gasteiger partial charge in [0.2, 0.25) is 5.91 Å². The standard InChI is InChI=1S/C22H32N6O/c1-15-18(16(2)26(3)25-15)7-8-20(29)27-12-19(22(13-27)9-4-10-22)21-24-23-14-28(21)11-17-5-6-17/h14,17,19H,4-13H2,1-3H3. The Morgan fingerprint density at radius 1 is 1.28 bits per heavy atom. The van der Waals surface area contributed by atoms with Crippen LogP contribution in [0.25, 0.3) is 0 Å². The molecular formula is C22H32N6O. The molecule has 7 heteroatoms. The quantitative estimate of drug-likeness (QED) is 0.753. The SMILES string of the molecule is Cc1nn(C)c(C)c1CCC(=O)N1CC(c2nncn2CC2CC2)C2(CCC2)C1. The highest BCUT2D eigenvalue weighted by atomic mass is 16.2. The third-order valence-corrected chi connectivity index (χ3v) is 7.71. The number of hydrogen-bond acceptors (Lipinski definition) is 4. The molecule has 1 unspecified atom stereocenters. The number of aromatic nitrogens is 5. The van der Waals surface area contributed by atoms with Gasteiger partial charge in [-0.2, -0.15) is 5.10 Å². The minimum atomic E-state index is 0.226. The molecule has 1 atom stereocenters. The van der Waals surface area contributed by atoms with E-state index in [1.54, 1.807) is 0 Å². The molecular weight excluding hydrogens is 364 g/mol. The van der Waals surface area contributed by atoms with Crippen LogP contribution >= 0.6 is 0 Å². The van der Waals surface area contributed by atoms with Crippen molar-refractivity contribution in [2.45, 2.75) is 71.3 Å². The summed E-state index contributed by atoms with van der Waals surface area (Å²) in [6.45, 7) is 6.85. The average molecular weight is 397 g/mol. The number of hydrogen-bond donors (Lipinski definition) is 0. The minimum absolute atomic E-state index is 0.226. The second kappa shape index (κ2) is 6.96. The molecule has 1 saturated heterocycles. The van der Waals surface area contributed by atoms with Crippen LogP contribution in [0.15, 0.2) is 6.33 Å². The van der Waals surface area contributed by atoms with Gasteiger partial charge in [0.25, 0.3) is 0 Å². The summed E-state index contributed by atoms with van der Waals surface area (Å²) in [5.41, 5.74) is 3.66. The molecule has 2 aromatic rings. The number of nitrogens with zero attached hydrogens (tertiary/aromatic N) is 6. The highest BCUT2D eigenvalue weighted by Crippen LogP contribution is 2.55. The van der Waals surface area contributed by atoms with E-state index in [0.717, 1.165) is 43.5 Å². The zero-order valence-electron chi connectivity index (χ0n) is 17.9. The summed E-state index contributed by atoms with van der Waals surface area (Å²) in [7, 11) is 1.97. The number of carbonyl (C=O) groups is 1. The number of aryl methyl sites for hydroxylation is 2. The fourth-order valence-electron chi connectivity index (χ4n) is 5.47. The average Bonchev–Trinajstić information content (AvgIpc) is 3.10. The maximum Gasteiger partial charge on any atom is 0.222 e. The van der Waals surface area contributed by atoms with Gasteiger partial charge < -0.3 is 9.47 Å². The van der Waals surface area contributed by atoms with Crippen molar-refractivity contribution in [3.8, 4) is 0 Å². The molecule has 2 aliphatic carbocycles. The lowest BCUT2D eigenvalue weighted by atomic mass is 9.62. The van der Waals surface area contributed by atoms with Crippen molar-refractivity contribution < 1.29 is 4.79 Å². The predicted molar refractivity (Wildman–Crippen MR) is 109 cm³/mol. The number of carbonyl (C=O) groups excluding carboxylic acids is 1. The van der Waals surface area contributed by atoms with Crippen molar-refractivity contribution in [3.05, 3.63) is 29.1 Å². The van der Waals surface area contributed by atoms with Crippen LogP contribution in [0.3, 0.4) is 0 Å². The Balaban J connectivity index is 1.29. The second-order valence-electron chi connectivity index (χ2n) is 9.60. The highest BCUT2D eigenvalue weighted by Gasteiger charge is 2.53. The monoisotopic (exact) mass is 396 g/mol. The van der Waals surface area contributed by atoms with Gasteiger partial charge in [-0.1, -0.05) is 6.42 Å². The molecule has 2 aromatic heterocycles. The molecule has 7 nitrogen and oxygen atoms in total. The molecule has 1 aliphatic heterocycles. The lowest BCUT2D eigenvalue weighted by Gasteiger charge is -2.42. The third-order valence-electron chi connectivity index (χ3n) is 7.71. The van der Waals surface area contributed by atoms with Crippen LogP contribution in [0, 0.1) is 25.2 Å². The van der Waals surface area contributed by atoms with E-state index in [1.165, 1.54) is 43.4 Å². The van der Waals surface area contributed by atoms with Crippen LogP contribution in [0.2, 0.25) is 0 Å². The smallest absolute Gasteiger partial charge is 0.222 e. The van der Waals surface area contributed by atoms with Crippen LogP contribution in [-0.4, -0.2) is 48.4 Å². The van der Waals surface area contributed by atoms with Crippen molar-refractivity contribution in [2.24, 2.45) is 18.4 Å². The molecule has 0 bridgehead atoms. The van der Waals surface area contributed by atoms with Crippen molar-refractivity contribution in [3.63, 3.8) is 0 Å². The van der Waals surface area contributed by atoms with Gasteiger partial charge in [-0.3, -0.25) is 9.48 Å². The molecule has 3 heterocycles. The fraction of sp³-hybridized carbons (Fsp3) is 0.727. The first kappa shape index (κ1) is 18.8. The Morgan fingerprint density at radius 2 is 2.07 bits per heavy atom. The summed E-state index contributed by atoms with van der Waals surface area (Å²) in [4.78, 5) is 15.2. The number of rotatable bonds is 6. The number of amides is 1. The van der Waals surface area contributed by atoms with Crippen molar-refractivity contribution in [2.75, 3.05) is 13.1 Å². The van der Waals surface area contributed by atoms with Crippen molar-refractivity contribution in [1.82, 2.24) is 29.4 Å². The van der Waals surface area contributed by atoms with Crippen LogP contribution in [-0.2, 0) is 24.8 Å². The van der Waals surface area contributed by atoms with E-state index in [9.17, 15) is 4.79 Å². The van der Waals surface area contributed by atoms with Gasteiger partial charge in [-0.05, 0) is 62.8 Å². The fourth-order valence-corrected chi connectivity index (χ4v) is 5.47. The molecule has 0 N–H and O–H groups in total. The second-order valence-corrected chi connectivity index (χ2v) is 9.60. The first-order chi connectivity index (χ1) is 14.0. The normalized spacial score (nSPS) is 23.0. The molecule has 29 heavy (non-hydrogen) atoms. The molecule has 2 saturated carbocycles. The van der Waals surface area contributed by atoms with Gasteiger partial charge in [-0.15, -0.1) is 10.2 Å². The summed E-state index contributed by atoms with van der Waals surface area (Å²) >= 11 is 0. The van der Waals surface area contributed by atoms with E-state index in [0.29, 0.717) is 12.3 Å². The van der Waals surface area contributed by atoms with Gasteiger partial charge in [0.15, 0.2) is 0 Å². The molecule has 1 spiro atoms. The van der Waals surface area contributed by atoms with Crippen LogP contribution < -0.4 is 0 Å². The Morgan fingerprint density at radius 3 is 2.69 bits per heavy atom. The maximum absolute atomic E-state index is 13.1. The number of likely N-dealkylation sites (tertiary alicyclic amines) is 1. The predicted octanol–water partition coefficient (Wildman–Crippen LogP) is 2.77. The zero-order chi connectivity index (χ0) is 20.2. The Bertz CT molecular complexity index is 920. The van der Waals surface area contributed by atoms with Gasteiger partial charge in [0.1, 0.15) is 12.2 Å². The summed E-state index contributed by atoms with van der Waals surface area (Å²) in [6, 6.07) is 0. The summed E-state index contributed by atoms with van der Waals surface area (Å²) < 4.78 is 4.19. The Kier molecular flexibility index (Phi) is 4.51. The van der Waals surface area contributed by atoms with Gasteiger partial charge >= 0.3 is 0 Å². The largest absolute Gasteiger partial charge is 0.341 e. The van der Waals surface area contributed by atoms with Crippen LogP contribution in [0.4, 0.5) is 0 Å². The van der Waals surface area contributed by atoms with Crippen molar-refractivity contribution in [1.29, 1.82) is 0 Å². The first-order valence-electron chi connectivity index (χ1n) is 11.1. The first-order valence-corrected chi connectivity index (χ1v) is 11.1. The minimum Gasteiger partial charge on any atom is -0.341 e. The molecule has 0 radical (unpaired) electrons. The summed E-state index contributed by atoms with van der Waals surface area (Å²) in [6.07, 6.45) is 9.57.